The number of hydrogen-bond acceptors (Lipinski definition) is 5. The van der Waals surface area contributed by atoms with Crippen molar-refractivity contribution >= 4 is 16.8 Å². The number of aromatic nitrogens is 3. The van der Waals surface area contributed by atoms with Gasteiger partial charge in [0.05, 0.1) is 12.2 Å². The van der Waals surface area contributed by atoms with Gasteiger partial charge < -0.3 is 14.6 Å². The number of aryl methyl sites for hydroxylation is 1. The van der Waals surface area contributed by atoms with Crippen LogP contribution >= 0.6 is 0 Å². The summed E-state index contributed by atoms with van der Waals surface area (Å²) in [5.41, 5.74) is 3.10. The van der Waals surface area contributed by atoms with Crippen molar-refractivity contribution in [2.24, 2.45) is 7.05 Å². The Morgan fingerprint density at radius 3 is 3.00 bits per heavy atom. The van der Waals surface area contributed by atoms with Crippen LogP contribution in [0.4, 0.5) is 0 Å². The number of amides is 1. The van der Waals surface area contributed by atoms with Crippen LogP contribution in [0.3, 0.4) is 0 Å². The molecule has 7 nitrogen and oxygen atoms in total. The molecule has 1 N–H and O–H groups in total. The van der Waals surface area contributed by atoms with Gasteiger partial charge in [-0.2, -0.15) is 0 Å². The van der Waals surface area contributed by atoms with Gasteiger partial charge in [-0.1, -0.05) is 0 Å². The summed E-state index contributed by atoms with van der Waals surface area (Å²) in [6.45, 7) is 3.08. The summed E-state index contributed by atoms with van der Waals surface area (Å²) in [5, 5.41) is 3.81. The number of likely N-dealkylation sites (N-methyl/N-ethyl adjacent to an activating group) is 1. The molecular formula is C20H23N5O2. The van der Waals surface area contributed by atoms with E-state index in [0.717, 1.165) is 34.3 Å². The summed E-state index contributed by atoms with van der Waals surface area (Å²) in [5.74, 6) is 1.36. The van der Waals surface area contributed by atoms with Gasteiger partial charge in [-0.15, -0.1) is 0 Å². The Morgan fingerprint density at radius 1 is 1.33 bits per heavy atom. The zero-order valence-electron chi connectivity index (χ0n) is 15.8. The van der Waals surface area contributed by atoms with E-state index in [2.05, 4.69) is 37.7 Å². The van der Waals surface area contributed by atoms with Crippen LogP contribution in [0, 0.1) is 0 Å². The minimum absolute atomic E-state index is 0.00648. The van der Waals surface area contributed by atoms with E-state index in [-0.39, 0.29) is 11.9 Å². The highest BCUT2D eigenvalue weighted by molar-refractivity contribution is 5.81. The molecule has 1 aliphatic heterocycles. The Kier molecular flexibility index (Phi) is 4.53. The van der Waals surface area contributed by atoms with Crippen LogP contribution < -0.4 is 10.1 Å². The largest absolute Gasteiger partial charge is 0.439 e. The first-order chi connectivity index (χ1) is 13.0. The summed E-state index contributed by atoms with van der Waals surface area (Å²) in [6, 6.07) is 8.30. The number of fused-ring (bicyclic) bond motifs is 2. The monoisotopic (exact) mass is 365 g/mol. The number of carbonyl (C=O) groups is 1. The van der Waals surface area contributed by atoms with Crippen molar-refractivity contribution < 1.29 is 9.53 Å². The molecule has 3 aromatic rings. The maximum atomic E-state index is 11.7. The molecule has 27 heavy (non-hydrogen) atoms. The van der Waals surface area contributed by atoms with Gasteiger partial charge in [0.1, 0.15) is 12.1 Å². The Labute approximate surface area is 158 Å². The SMILES string of the molecule is CNC(=O)CN1Cc2ncnc(Oc3ccc4c(ccn4C)c3)c2C[C@@H]1C. The lowest BCUT2D eigenvalue weighted by atomic mass is 9.99. The number of ether oxygens (including phenoxy) is 1. The molecule has 140 valence electrons. The normalized spacial score (nSPS) is 16.9. The average Bonchev–Trinajstić information content (AvgIpc) is 3.03. The molecule has 0 bridgehead atoms. The van der Waals surface area contributed by atoms with E-state index in [0.29, 0.717) is 19.0 Å². The third-order valence-electron chi connectivity index (χ3n) is 5.17. The number of benzene rings is 1. The molecule has 0 saturated carbocycles. The predicted molar refractivity (Wildman–Crippen MR) is 103 cm³/mol. The van der Waals surface area contributed by atoms with E-state index in [1.165, 1.54) is 6.33 Å². The van der Waals surface area contributed by atoms with Gasteiger partial charge in [-0.05, 0) is 37.6 Å². The quantitative estimate of drug-likeness (QED) is 0.768. The van der Waals surface area contributed by atoms with E-state index in [9.17, 15) is 4.79 Å². The van der Waals surface area contributed by atoms with Crippen LogP contribution in [-0.4, -0.2) is 45.0 Å². The van der Waals surface area contributed by atoms with Gasteiger partial charge in [0.2, 0.25) is 11.8 Å². The maximum Gasteiger partial charge on any atom is 0.233 e. The molecule has 0 aliphatic carbocycles. The second kappa shape index (κ2) is 7.00. The van der Waals surface area contributed by atoms with Crippen LogP contribution in [0.1, 0.15) is 18.2 Å². The van der Waals surface area contributed by atoms with Crippen molar-refractivity contribution in [3.63, 3.8) is 0 Å². The summed E-state index contributed by atoms with van der Waals surface area (Å²) >= 11 is 0. The molecule has 2 aromatic heterocycles. The summed E-state index contributed by atoms with van der Waals surface area (Å²) in [6.07, 6.45) is 4.31. The molecule has 3 heterocycles. The van der Waals surface area contributed by atoms with Crippen molar-refractivity contribution in [3.05, 3.63) is 48.0 Å². The van der Waals surface area contributed by atoms with Crippen LogP contribution in [0.15, 0.2) is 36.8 Å². The van der Waals surface area contributed by atoms with Crippen LogP contribution in [-0.2, 0) is 24.8 Å². The van der Waals surface area contributed by atoms with Gasteiger partial charge in [-0.3, -0.25) is 9.69 Å². The molecule has 0 radical (unpaired) electrons. The van der Waals surface area contributed by atoms with Crippen molar-refractivity contribution in [1.29, 1.82) is 0 Å². The van der Waals surface area contributed by atoms with Gasteiger partial charge in [0, 0.05) is 49.3 Å². The minimum atomic E-state index is 0.00648. The fourth-order valence-corrected chi connectivity index (χ4v) is 3.54. The Balaban J connectivity index is 1.60. The third kappa shape index (κ3) is 3.38. The molecule has 4 rings (SSSR count). The van der Waals surface area contributed by atoms with E-state index >= 15 is 0 Å². The number of hydrogen-bond donors (Lipinski definition) is 1. The lowest BCUT2D eigenvalue weighted by Gasteiger charge is -2.33. The van der Waals surface area contributed by atoms with Gasteiger partial charge in [0.15, 0.2) is 0 Å². The van der Waals surface area contributed by atoms with Crippen molar-refractivity contribution in [2.75, 3.05) is 13.6 Å². The van der Waals surface area contributed by atoms with Crippen molar-refractivity contribution in [2.45, 2.75) is 25.9 Å². The summed E-state index contributed by atoms with van der Waals surface area (Å²) in [7, 11) is 3.68. The molecule has 0 saturated heterocycles. The summed E-state index contributed by atoms with van der Waals surface area (Å²) < 4.78 is 8.20. The van der Waals surface area contributed by atoms with E-state index in [4.69, 9.17) is 4.74 Å². The molecule has 7 heteroatoms. The highest BCUT2D eigenvalue weighted by Gasteiger charge is 2.28. The molecule has 0 unspecified atom stereocenters. The lowest BCUT2D eigenvalue weighted by molar-refractivity contribution is -0.122. The predicted octanol–water partition coefficient (Wildman–Crippen LogP) is 2.25. The highest BCUT2D eigenvalue weighted by atomic mass is 16.5. The first-order valence-electron chi connectivity index (χ1n) is 9.05. The fourth-order valence-electron chi connectivity index (χ4n) is 3.54. The topological polar surface area (TPSA) is 72.3 Å². The zero-order valence-corrected chi connectivity index (χ0v) is 15.8. The minimum Gasteiger partial charge on any atom is -0.439 e. The van der Waals surface area contributed by atoms with Gasteiger partial charge in [0.25, 0.3) is 0 Å². The average molecular weight is 365 g/mol. The molecule has 1 atom stereocenters. The zero-order chi connectivity index (χ0) is 19.0. The molecule has 1 aliphatic rings. The first-order valence-corrected chi connectivity index (χ1v) is 9.05. The molecule has 0 fully saturated rings. The lowest BCUT2D eigenvalue weighted by Crippen LogP contribution is -2.44. The standard InChI is InChI=1S/C20H23N5O2/c1-13-8-16-17(10-25(13)11-19(26)21-2)22-12-23-20(16)27-15-4-5-18-14(9-15)6-7-24(18)3/h4-7,9,12-13H,8,10-11H2,1-3H3,(H,21,26)/t13-/m0/s1. The first kappa shape index (κ1) is 17.5. The van der Waals surface area contributed by atoms with Crippen LogP contribution in [0.5, 0.6) is 11.6 Å². The highest BCUT2D eigenvalue weighted by Crippen LogP contribution is 2.31. The second-order valence-corrected chi connectivity index (χ2v) is 6.98. The number of rotatable bonds is 4. The number of carbonyl (C=O) groups excluding carboxylic acids is 1. The van der Waals surface area contributed by atoms with Crippen LogP contribution in [0.25, 0.3) is 10.9 Å². The molecule has 0 spiro atoms. The maximum absolute atomic E-state index is 11.7. The third-order valence-corrected chi connectivity index (χ3v) is 5.17. The molecule has 1 amide bonds. The van der Waals surface area contributed by atoms with E-state index < -0.39 is 0 Å². The van der Waals surface area contributed by atoms with Crippen molar-refractivity contribution in [1.82, 2.24) is 24.8 Å². The Bertz CT molecular complexity index is 997. The van der Waals surface area contributed by atoms with Gasteiger partial charge >= 0.3 is 0 Å². The second-order valence-electron chi connectivity index (χ2n) is 6.98. The van der Waals surface area contributed by atoms with Gasteiger partial charge in [-0.25, -0.2) is 9.97 Å². The van der Waals surface area contributed by atoms with Crippen molar-refractivity contribution in [3.8, 4) is 11.6 Å². The number of nitrogens with zero attached hydrogens (tertiary/aromatic N) is 4. The number of nitrogens with one attached hydrogen (secondary N) is 1. The summed E-state index contributed by atoms with van der Waals surface area (Å²) in [4.78, 5) is 22.7. The smallest absolute Gasteiger partial charge is 0.233 e. The Morgan fingerprint density at radius 2 is 2.19 bits per heavy atom. The Hall–Kier alpha value is -2.93. The fraction of sp³-hybridized carbons (Fsp3) is 0.350. The van der Waals surface area contributed by atoms with Crippen LogP contribution in [0.2, 0.25) is 0 Å². The molecular weight excluding hydrogens is 342 g/mol. The van der Waals surface area contributed by atoms with E-state index in [1.807, 2.05) is 31.4 Å². The molecule has 1 aromatic carbocycles. The van der Waals surface area contributed by atoms with E-state index in [1.54, 1.807) is 7.05 Å².